The molecule has 3 atom stereocenters. The average molecular weight is 389 g/mol. The number of carboxylic acids is 1. The van der Waals surface area contributed by atoms with Crippen LogP contribution >= 0.6 is 11.8 Å². The van der Waals surface area contributed by atoms with E-state index in [-0.39, 0.29) is 11.4 Å². The lowest BCUT2D eigenvalue weighted by Crippen LogP contribution is -2.71. The van der Waals surface area contributed by atoms with Gasteiger partial charge in [0.2, 0.25) is 5.91 Å². The standard InChI is InChI=1S/C18H19N3O5S/c1-2-4-10-8-27-17-13(16(24)21(17)14(10)18(25)26)20-15(23)12(19)9-5-3-6-11(22)7-9/h2-7,12-13,17,22H,8,19H2,1H3,(H,20,23)(H,25,26)/b4-2-/t12?,13?,17-/m0/s1. The van der Waals surface area contributed by atoms with Crippen LogP contribution in [0.1, 0.15) is 18.5 Å². The van der Waals surface area contributed by atoms with Crippen molar-refractivity contribution in [3.8, 4) is 5.75 Å². The Morgan fingerprint density at radius 3 is 2.81 bits per heavy atom. The Kier molecular flexibility index (Phi) is 5.24. The van der Waals surface area contributed by atoms with E-state index in [9.17, 15) is 24.6 Å². The predicted molar refractivity (Wildman–Crippen MR) is 99.5 cm³/mol. The lowest BCUT2D eigenvalue weighted by Gasteiger charge is -2.49. The molecule has 0 aliphatic carbocycles. The summed E-state index contributed by atoms with van der Waals surface area (Å²) in [6.45, 7) is 1.77. The van der Waals surface area contributed by atoms with E-state index >= 15 is 0 Å². The lowest BCUT2D eigenvalue weighted by molar-refractivity contribution is -0.150. The highest BCUT2D eigenvalue weighted by Crippen LogP contribution is 2.40. The highest BCUT2D eigenvalue weighted by Gasteiger charge is 2.54. The molecule has 1 saturated heterocycles. The van der Waals surface area contributed by atoms with Gasteiger partial charge in [0, 0.05) is 5.75 Å². The van der Waals surface area contributed by atoms with E-state index < -0.39 is 35.2 Å². The number of hydrogen-bond donors (Lipinski definition) is 4. The zero-order valence-electron chi connectivity index (χ0n) is 14.5. The summed E-state index contributed by atoms with van der Waals surface area (Å²) in [7, 11) is 0. The van der Waals surface area contributed by atoms with Crippen LogP contribution in [0.25, 0.3) is 0 Å². The van der Waals surface area contributed by atoms with E-state index in [1.807, 2.05) is 0 Å². The molecule has 8 nitrogen and oxygen atoms in total. The molecule has 2 aliphatic heterocycles. The molecule has 5 N–H and O–H groups in total. The van der Waals surface area contributed by atoms with Crippen molar-refractivity contribution in [1.29, 1.82) is 0 Å². The third kappa shape index (κ3) is 3.43. The topological polar surface area (TPSA) is 133 Å². The Hall–Kier alpha value is -2.78. The number of carbonyl (C=O) groups is 3. The normalized spacial score (nSPS) is 23.0. The quantitative estimate of drug-likeness (QED) is 0.545. The third-order valence-electron chi connectivity index (χ3n) is 4.38. The minimum Gasteiger partial charge on any atom is -0.508 e. The molecule has 1 aromatic rings. The van der Waals surface area contributed by atoms with Crippen LogP contribution in [0.5, 0.6) is 5.75 Å². The summed E-state index contributed by atoms with van der Waals surface area (Å²) in [5, 5.41) is 21.1. The molecular formula is C18H19N3O5S. The third-order valence-corrected chi connectivity index (χ3v) is 5.68. The van der Waals surface area contributed by atoms with Crippen molar-refractivity contribution in [2.45, 2.75) is 24.4 Å². The van der Waals surface area contributed by atoms with Crippen molar-refractivity contribution in [3.05, 3.63) is 53.3 Å². The fourth-order valence-corrected chi connectivity index (χ4v) is 4.40. The highest BCUT2D eigenvalue weighted by molar-refractivity contribution is 8.00. The number of phenolic OH excluding ortho intramolecular Hbond substituents is 1. The summed E-state index contributed by atoms with van der Waals surface area (Å²) in [6.07, 6.45) is 3.39. The van der Waals surface area contributed by atoms with Crippen LogP contribution in [0.3, 0.4) is 0 Å². The summed E-state index contributed by atoms with van der Waals surface area (Å²) in [5.41, 5.74) is 6.83. The van der Waals surface area contributed by atoms with E-state index in [2.05, 4.69) is 5.32 Å². The van der Waals surface area contributed by atoms with Gasteiger partial charge in [-0.25, -0.2) is 4.79 Å². The van der Waals surface area contributed by atoms with E-state index in [4.69, 9.17) is 5.73 Å². The summed E-state index contributed by atoms with van der Waals surface area (Å²) < 4.78 is 0. The molecule has 0 aromatic heterocycles. The Bertz CT molecular complexity index is 866. The number of thioether (sulfide) groups is 1. The first-order valence-electron chi connectivity index (χ1n) is 8.24. The van der Waals surface area contributed by atoms with Crippen molar-refractivity contribution >= 4 is 29.5 Å². The van der Waals surface area contributed by atoms with Crippen molar-refractivity contribution in [3.63, 3.8) is 0 Å². The number of hydrogen-bond acceptors (Lipinski definition) is 6. The van der Waals surface area contributed by atoms with Gasteiger partial charge in [-0.1, -0.05) is 24.3 Å². The van der Waals surface area contributed by atoms with Gasteiger partial charge in [0.25, 0.3) is 5.91 Å². The molecule has 1 aromatic carbocycles. The molecule has 2 aliphatic rings. The maximum Gasteiger partial charge on any atom is 0.352 e. The Labute approximate surface area is 159 Å². The van der Waals surface area contributed by atoms with Crippen LogP contribution in [0.2, 0.25) is 0 Å². The molecule has 2 heterocycles. The molecule has 0 radical (unpaired) electrons. The zero-order chi connectivity index (χ0) is 19.7. The molecule has 0 saturated carbocycles. The van der Waals surface area contributed by atoms with Crippen LogP contribution in [0, 0.1) is 0 Å². The SMILES string of the molecule is C/C=C\C1=C(C(=O)O)N2C(=O)C(NC(=O)C(N)c3cccc(O)c3)[C@@H]2SC1. The second kappa shape index (κ2) is 7.45. The van der Waals surface area contributed by atoms with Crippen LogP contribution < -0.4 is 11.1 Å². The molecule has 2 amide bonds. The highest BCUT2D eigenvalue weighted by atomic mass is 32.2. The number of fused-ring (bicyclic) bond motifs is 1. The van der Waals surface area contributed by atoms with Crippen molar-refractivity contribution < 1.29 is 24.6 Å². The number of carboxylic acid groups (broad SMARTS) is 1. The number of benzene rings is 1. The van der Waals surface area contributed by atoms with Crippen molar-refractivity contribution in [2.75, 3.05) is 5.75 Å². The summed E-state index contributed by atoms with van der Waals surface area (Å²) in [4.78, 5) is 37.7. The fraction of sp³-hybridized carbons (Fsp3) is 0.278. The van der Waals surface area contributed by atoms with Crippen LogP contribution in [-0.4, -0.2) is 50.1 Å². The monoisotopic (exact) mass is 389 g/mol. The van der Waals surface area contributed by atoms with E-state index in [1.165, 1.54) is 28.8 Å². The van der Waals surface area contributed by atoms with Crippen molar-refractivity contribution in [1.82, 2.24) is 10.2 Å². The van der Waals surface area contributed by atoms with Gasteiger partial charge in [-0.05, 0) is 30.2 Å². The van der Waals surface area contributed by atoms with Gasteiger partial charge >= 0.3 is 5.97 Å². The number of amides is 2. The molecule has 3 rings (SSSR count). The van der Waals surface area contributed by atoms with Gasteiger partial charge in [-0.2, -0.15) is 0 Å². The van der Waals surface area contributed by atoms with Gasteiger partial charge in [0.15, 0.2) is 0 Å². The Balaban J connectivity index is 1.75. The second-order valence-electron chi connectivity index (χ2n) is 6.15. The molecule has 0 bridgehead atoms. The Morgan fingerprint density at radius 1 is 1.44 bits per heavy atom. The van der Waals surface area contributed by atoms with Crippen molar-refractivity contribution in [2.24, 2.45) is 5.73 Å². The number of nitrogens with two attached hydrogens (primary N) is 1. The number of phenols is 1. The maximum absolute atomic E-state index is 12.5. The number of carbonyl (C=O) groups excluding carboxylic acids is 2. The molecular weight excluding hydrogens is 370 g/mol. The minimum atomic E-state index is -1.18. The molecule has 2 unspecified atom stereocenters. The first-order chi connectivity index (χ1) is 12.8. The Morgan fingerprint density at radius 2 is 2.19 bits per heavy atom. The van der Waals surface area contributed by atoms with E-state index in [0.29, 0.717) is 16.9 Å². The number of allylic oxidation sites excluding steroid dienone is 2. The van der Waals surface area contributed by atoms with E-state index in [1.54, 1.807) is 31.2 Å². The van der Waals surface area contributed by atoms with Crippen LogP contribution in [0.15, 0.2) is 47.7 Å². The summed E-state index contributed by atoms with van der Waals surface area (Å²) in [6, 6.07) is 4.11. The molecule has 9 heteroatoms. The van der Waals surface area contributed by atoms with Gasteiger partial charge in [-0.15, -0.1) is 11.8 Å². The largest absolute Gasteiger partial charge is 0.508 e. The van der Waals surface area contributed by atoms with E-state index in [0.717, 1.165) is 0 Å². The molecule has 0 spiro atoms. The predicted octanol–water partition coefficient (Wildman–Crippen LogP) is 0.707. The molecule has 27 heavy (non-hydrogen) atoms. The number of aliphatic carboxylic acids is 1. The average Bonchev–Trinajstić information content (AvgIpc) is 2.64. The second-order valence-corrected chi connectivity index (χ2v) is 7.25. The fourth-order valence-electron chi connectivity index (χ4n) is 3.08. The first kappa shape index (κ1) is 19.0. The van der Waals surface area contributed by atoms with Crippen LogP contribution in [0.4, 0.5) is 0 Å². The van der Waals surface area contributed by atoms with Gasteiger partial charge < -0.3 is 21.3 Å². The number of β-lactam (4-membered cyclic amide) rings is 1. The lowest BCUT2D eigenvalue weighted by atomic mass is 10.0. The minimum absolute atomic E-state index is 0.0165. The zero-order valence-corrected chi connectivity index (χ0v) is 15.3. The number of aromatic hydroxyl groups is 1. The molecule has 142 valence electrons. The molecule has 1 fully saturated rings. The summed E-state index contributed by atoms with van der Waals surface area (Å²) in [5.74, 6) is -1.83. The maximum atomic E-state index is 12.5. The van der Waals surface area contributed by atoms with Gasteiger partial charge in [-0.3, -0.25) is 14.5 Å². The van der Waals surface area contributed by atoms with Gasteiger partial charge in [0.05, 0.1) is 0 Å². The number of rotatable bonds is 5. The van der Waals surface area contributed by atoms with Gasteiger partial charge in [0.1, 0.15) is 28.9 Å². The summed E-state index contributed by atoms with van der Waals surface area (Å²) >= 11 is 1.38. The van der Waals surface area contributed by atoms with Crippen LogP contribution in [-0.2, 0) is 14.4 Å². The smallest absolute Gasteiger partial charge is 0.352 e. The number of nitrogens with zero attached hydrogens (tertiary/aromatic N) is 1. The first-order valence-corrected chi connectivity index (χ1v) is 9.28. The number of nitrogens with one attached hydrogen (secondary N) is 1.